The van der Waals surface area contributed by atoms with Gasteiger partial charge in [0.1, 0.15) is 5.82 Å². The van der Waals surface area contributed by atoms with Crippen LogP contribution in [0.25, 0.3) is 0 Å². The van der Waals surface area contributed by atoms with Crippen LogP contribution in [0.3, 0.4) is 0 Å². The maximum absolute atomic E-state index is 12.1. The Morgan fingerprint density at radius 1 is 1.26 bits per heavy atom. The fraction of sp³-hybridized carbons (Fsp3) is 0.714. The minimum absolute atomic E-state index is 0.120. The molecule has 1 heterocycles. The van der Waals surface area contributed by atoms with Gasteiger partial charge in [-0.3, -0.25) is 9.89 Å². The molecule has 1 rings (SSSR count). The molecule has 0 aliphatic carbocycles. The molecule has 1 amide bonds. The third-order valence-corrected chi connectivity index (χ3v) is 3.46. The Morgan fingerprint density at radius 2 is 1.95 bits per heavy atom. The van der Waals surface area contributed by atoms with E-state index in [9.17, 15) is 4.79 Å². The minimum atomic E-state index is 0.120. The van der Waals surface area contributed by atoms with Crippen LogP contribution < -0.4 is 5.73 Å². The molecule has 1 aromatic rings. The van der Waals surface area contributed by atoms with Crippen LogP contribution >= 0.6 is 0 Å². The van der Waals surface area contributed by atoms with Gasteiger partial charge in [0.25, 0.3) is 0 Å². The van der Waals surface area contributed by atoms with Crippen molar-refractivity contribution in [2.45, 2.75) is 52.9 Å². The number of hydrogen-bond acceptors (Lipinski definition) is 3. The molecule has 0 unspecified atom stereocenters. The van der Waals surface area contributed by atoms with Crippen molar-refractivity contribution in [1.29, 1.82) is 0 Å². The van der Waals surface area contributed by atoms with Crippen LogP contribution in [-0.2, 0) is 17.6 Å². The van der Waals surface area contributed by atoms with Gasteiger partial charge in [0.15, 0.2) is 0 Å². The second-order valence-electron chi connectivity index (χ2n) is 4.77. The number of amides is 1. The summed E-state index contributed by atoms with van der Waals surface area (Å²) in [6.07, 6.45) is 4.73. The monoisotopic (exact) mass is 266 g/mol. The van der Waals surface area contributed by atoms with Gasteiger partial charge >= 0.3 is 0 Å². The molecule has 3 N–H and O–H groups in total. The lowest BCUT2D eigenvalue weighted by molar-refractivity contribution is -0.130. The van der Waals surface area contributed by atoms with Crippen LogP contribution in [0.1, 0.15) is 51.3 Å². The number of nitrogens with zero attached hydrogens (tertiary/aromatic N) is 2. The zero-order chi connectivity index (χ0) is 14.3. The molecule has 0 bridgehead atoms. The number of carbonyl (C=O) groups is 1. The molecule has 0 fully saturated rings. The third kappa shape index (κ3) is 4.26. The third-order valence-electron chi connectivity index (χ3n) is 3.46. The highest BCUT2D eigenvalue weighted by molar-refractivity contribution is 5.80. The number of carbonyl (C=O) groups excluding carboxylic acids is 1. The Balaban J connectivity index is 2.71. The number of unbranched alkanes of at least 4 members (excludes halogenated alkanes) is 2. The maximum atomic E-state index is 12.1. The van der Waals surface area contributed by atoms with Crippen LogP contribution in [0.5, 0.6) is 0 Å². The number of hydrogen-bond donors (Lipinski definition) is 2. The number of aromatic amines is 1. The predicted octanol–water partition coefficient (Wildman–Crippen LogP) is 2.14. The molecule has 19 heavy (non-hydrogen) atoms. The van der Waals surface area contributed by atoms with Gasteiger partial charge in [0.05, 0.1) is 6.42 Å². The smallest absolute Gasteiger partial charge is 0.227 e. The Morgan fingerprint density at radius 3 is 2.53 bits per heavy atom. The van der Waals surface area contributed by atoms with Gasteiger partial charge < -0.3 is 10.6 Å². The van der Waals surface area contributed by atoms with Gasteiger partial charge in [-0.2, -0.15) is 5.10 Å². The normalized spacial score (nSPS) is 10.7. The molecule has 5 heteroatoms. The van der Waals surface area contributed by atoms with E-state index in [0.717, 1.165) is 37.2 Å². The number of H-pyrrole nitrogens is 1. The minimum Gasteiger partial charge on any atom is -0.382 e. The summed E-state index contributed by atoms with van der Waals surface area (Å²) >= 11 is 0. The topological polar surface area (TPSA) is 75.0 Å². The molecule has 0 aliphatic heterocycles. The second kappa shape index (κ2) is 7.81. The van der Waals surface area contributed by atoms with E-state index in [2.05, 4.69) is 17.1 Å². The van der Waals surface area contributed by atoms with E-state index in [1.54, 1.807) is 0 Å². The molecular weight excluding hydrogens is 240 g/mol. The molecule has 0 aromatic carbocycles. The van der Waals surface area contributed by atoms with E-state index < -0.39 is 0 Å². The predicted molar refractivity (Wildman–Crippen MR) is 77.9 cm³/mol. The Hall–Kier alpha value is -1.52. The van der Waals surface area contributed by atoms with Crippen molar-refractivity contribution >= 4 is 11.7 Å². The maximum Gasteiger partial charge on any atom is 0.227 e. The zero-order valence-electron chi connectivity index (χ0n) is 12.3. The molecule has 0 saturated carbocycles. The fourth-order valence-corrected chi connectivity index (χ4v) is 2.21. The largest absolute Gasteiger partial charge is 0.382 e. The average Bonchev–Trinajstić information content (AvgIpc) is 2.73. The van der Waals surface area contributed by atoms with Crippen LogP contribution in [0, 0.1) is 0 Å². The highest BCUT2D eigenvalue weighted by Crippen LogP contribution is 2.17. The van der Waals surface area contributed by atoms with E-state index in [1.807, 2.05) is 18.7 Å². The fourth-order valence-electron chi connectivity index (χ4n) is 2.21. The van der Waals surface area contributed by atoms with Crippen molar-refractivity contribution < 1.29 is 4.79 Å². The molecule has 0 spiro atoms. The summed E-state index contributed by atoms with van der Waals surface area (Å²) in [5.41, 5.74) is 7.77. The number of nitrogens with two attached hydrogens (primary N) is 1. The first-order valence-electron chi connectivity index (χ1n) is 7.23. The van der Waals surface area contributed by atoms with Crippen molar-refractivity contribution in [2.24, 2.45) is 0 Å². The lowest BCUT2D eigenvalue weighted by Crippen LogP contribution is -2.32. The summed E-state index contributed by atoms with van der Waals surface area (Å²) in [7, 11) is 0. The molecule has 0 aliphatic rings. The van der Waals surface area contributed by atoms with Gasteiger partial charge in [-0.05, 0) is 26.7 Å². The summed E-state index contributed by atoms with van der Waals surface area (Å²) in [5, 5.41) is 7.01. The summed E-state index contributed by atoms with van der Waals surface area (Å²) in [5.74, 6) is 0.585. The number of anilines is 1. The van der Waals surface area contributed by atoms with Crippen molar-refractivity contribution in [3.8, 4) is 0 Å². The SMILES string of the molecule is CCCCCc1[nH]nc(N)c1CC(=O)N(CC)CC. The molecular formula is C14H26N4O. The number of rotatable bonds is 8. The van der Waals surface area contributed by atoms with Gasteiger partial charge in [-0.15, -0.1) is 0 Å². The van der Waals surface area contributed by atoms with Crippen molar-refractivity contribution in [3.63, 3.8) is 0 Å². The van der Waals surface area contributed by atoms with Crippen molar-refractivity contribution in [3.05, 3.63) is 11.3 Å². The Kier molecular flexibility index (Phi) is 6.39. The lowest BCUT2D eigenvalue weighted by Gasteiger charge is -2.18. The van der Waals surface area contributed by atoms with Crippen LogP contribution in [-0.4, -0.2) is 34.1 Å². The number of likely N-dealkylation sites (N-methyl/N-ethyl adjacent to an activating group) is 1. The van der Waals surface area contributed by atoms with E-state index in [4.69, 9.17) is 5.73 Å². The van der Waals surface area contributed by atoms with E-state index >= 15 is 0 Å². The molecule has 108 valence electrons. The first kappa shape index (κ1) is 15.5. The summed E-state index contributed by atoms with van der Waals surface area (Å²) in [6.45, 7) is 7.62. The van der Waals surface area contributed by atoms with Crippen molar-refractivity contribution in [1.82, 2.24) is 15.1 Å². The quantitative estimate of drug-likeness (QED) is 0.708. The molecule has 5 nitrogen and oxygen atoms in total. The summed E-state index contributed by atoms with van der Waals surface area (Å²) in [4.78, 5) is 14.0. The summed E-state index contributed by atoms with van der Waals surface area (Å²) < 4.78 is 0. The number of nitrogens with one attached hydrogen (secondary N) is 1. The highest BCUT2D eigenvalue weighted by Gasteiger charge is 2.17. The van der Waals surface area contributed by atoms with E-state index in [0.29, 0.717) is 12.2 Å². The first-order chi connectivity index (χ1) is 9.13. The van der Waals surface area contributed by atoms with E-state index in [1.165, 1.54) is 12.8 Å². The van der Waals surface area contributed by atoms with E-state index in [-0.39, 0.29) is 5.91 Å². The number of aromatic nitrogens is 2. The molecule has 0 atom stereocenters. The highest BCUT2D eigenvalue weighted by atomic mass is 16.2. The van der Waals surface area contributed by atoms with Gasteiger partial charge in [0, 0.05) is 24.3 Å². The number of aryl methyl sites for hydroxylation is 1. The molecule has 1 aromatic heterocycles. The Bertz CT molecular complexity index is 396. The van der Waals surface area contributed by atoms with Gasteiger partial charge in [-0.1, -0.05) is 19.8 Å². The second-order valence-corrected chi connectivity index (χ2v) is 4.77. The zero-order valence-corrected chi connectivity index (χ0v) is 12.3. The lowest BCUT2D eigenvalue weighted by atomic mass is 10.1. The standard InChI is InChI=1S/C14H26N4O/c1-4-7-8-9-12-11(14(15)17-16-12)10-13(19)18(5-2)6-3/h4-10H2,1-3H3,(H3,15,16,17). The Labute approximate surface area is 115 Å². The van der Waals surface area contributed by atoms with Gasteiger partial charge in [-0.25, -0.2) is 0 Å². The first-order valence-corrected chi connectivity index (χ1v) is 7.23. The van der Waals surface area contributed by atoms with Crippen LogP contribution in [0.15, 0.2) is 0 Å². The van der Waals surface area contributed by atoms with Crippen LogP contribution in [0.2, 0.25) is 0 Å². The summed E-state index contributed by atoms with van der Waals surface area (Å²) in [6, 6.07) is 0. The molecule has 0 saturated heterocycles. The number of nitrogen functional groups attached to an aromatic ring is 1. The van der Waals surface area contributed by atoms with Crippen LogP contribution in [0.4, 0.5) is 5.82 Å². The average molecular weight is 266 g/mol. The van der Waals surface area contributed by atoms with Gasteiger partial charge in [0.2, 0.25) is 5.91 Å². The van der Waals surface area contributed by atoms with Crippen molar-refractivity contribution in [2.75, 3.05) is 18.8 Å². The molecule has 0 radical (unpaired) electrons.